The van der Waals surface area contributed by atoms with Crippen molar-refractivity contribution in [3.05, 3.63) is 30.6 Å². The third-order valence-electron chi connectivity index (χ3n) is 3.81. The van der Waals surface area contributed by atoms with Gasteiger partial charge in [-0.3, -0.25) is 4.98 Å². The lowest BCUT2D eigenvalue weighted by molar-refractivity contribution is 0.0315. The summed E-state index contributed by atoms with van der Waals surface area (Å²) in [6.45, 7) is 3.83. The third kappa shape index (κ3) is 2.36. The second kappa shape index (κ2) is 4.70. The molecule has 1 unspecified atom stereocenters. The van der Waals surface area contributed by atoms with Crippen LogP contribution in [0.25, 0.3) is 10.8 Å². The molecule has 0 aliphatic carbocycles. The Labute approximate surface area is 113 Å². The number of nitrogens with zero attached hydrogens (tertiary/aromatic N) is 1. The van der Waals surface area contributed by atoms with Gasteiger partial charge in [-0.15, -0.1) is 0 Å². The van der Waals surface area contributed by atoms with Crippen LogP contribution >= 0.6 is 0 Å². The molecular weight excluding hydrogens is 238 g/mol. The molecule has 2 heterocycles. The van der Waals surface area contributed by atoms with E-state index in [-0.39, 0.29) is 5.60 Å². The van der Waals surface area contributed by atoms with E-state index in [1.165, 1.54) is 0 Å². The highest BCUT2D eigenvalue weighted by molar-refractivity contribution is 6.00. The zero-order chi connectivity index (χ0) is 13.3. The molecule has 1 aromatic heterocycles. The van der Waals surface area contributed by atoms with Gasteiger partial charge in [0.25, 0.3) is 0 Å². The molecule has 4 nitrogen and oxygen atoms in total. The van der Waals surface area contributed by atoms with Gasteiger partial charge >= 0.3 is 0 Å². The molecule has 1 aromatic carbocycles. The molecule has 19 heavy (non-hydrogen) atoms. The summed E-state index contributed by atoms with van der Waals surface area (Å²) < 4.78 is 5.80. The maximum atomic E-state index is 5.99. The minimum atomic E-state index is -0.0596. The summed E-state index contributed by atoms with van der Waals surface area (Å²) in [6.07, 6.45) is 5.86. The highest BCUT2D eigenvalue weighted by atomic mass is 16.5. The van der Waals surface area contributed by atoms with Crippen LogP contribution in [0.2, 0.25) is 0 Å². The Hall–Kier alpha value is -1.81. The molecular formula is C15H19N3O. The van der Waals surface area contributed by atoms with Gasteiger partial charge in [-0.1, -0.05) is 0 Å². The van der Waals surface area contributed by atoms with Crippen LogP contribution in [-0.4, -0.2) is 23.7 Å². The lowest BCUT2D eigenvalue weighted by Gasteiger charge is -2.24. The van der Waals surface area contributed by atoms with Gasteiger partial charge in [0, 0.05) is 47.7 Å². The fraction of sp³-hybridized carbons (Fsp3) is 0.400. The Morgan fingerprint density at radius 2 is 2.26 bits per heavy atom. The standard InChI is InChI=1S/C15H19N3O/c1-15(6-2-8-19-15)10-18-14-4-3-13(16)11-5-7-17-9-12(11)14/h3-5,7,9,18H,2,6,8,10,16H2,1H3. The summed E-state index contributed by atoms with van der Waals surface area (Å²) in [5.74, 6) is 0. The Balaban J connectivity index is 1.87. The highest BCUT2D eigenvalue weighted by Gasteiger charge is 2.29. The molecule has 1 fully saturated rings. The smallest absolute Gasteiger partial charge is 0.0826 e. The van der Waals surface area contributed by atoms with Gasteiger partial charge in [-0.05, 0) is 38.0 Å². The topological polar surface area (TPSA) is 60.2 Å². The molecule has 3 rings (SSSR count). The number of nitrogens with two attached hydrogens (primary N) is 1. The van der Waals surface area contributed by atoms with E-state index < -0.39 is 0 Å². The first-order valence-electron chi connectivity index (χ1n) is 6.68. The third-order valence-corrected chi connectivity index (χ3v) is 3.81. The van der Waals surface area contributed by atoms with E-state index in [0.717, 1.165) is 48.1 Å². The van der Waals surface area contributed by atoms with Crippen molar-refractivity contribution in [2.75, 3.05) is 24.2 Å². The van der Waals surface area contributed by atoms with Gasteiger partial charge in [0.2, 0.25) is 0 Å². The minimum absolute atomic E-state index is 0.0596. The van der Waals surface area contributed by atoms with E-state index >= 15 is 0 Å². The Bertz CT molecular complexity index is 591. The number of ether oxygens (including phenoxy) is 1. The first kappa shape index (κ1) is 12.2. The summed E-state index contributed by atoms with van der Waals surface area (Å²) >= 11 is 0. The quantitative estimate of drug-likeness (QED) is 0.830. The Morgan fingerprint density at radius 1 is 1.37 bits per heavy atom. The van der Waals surface area contributed by atoms with Gasteiger partial charge < -0.3 is 15.8 Å². The van der Waals surface area contributed by atoms with Crippen LogP contribution in [0, 0.1) is 0 Å². The molecule has 1 aliphatic rings. The first-order chi connectivity index (χ1) is 9.18. The number of anilines is 2. The highest BCUT2D eigenvalue weighted by Crippen LogP contribution is 2.30. The fourth-order valence-corrected chi connectivity index (χ4v) is 2.63. The average Bonchev–Trinajstić information content (AvgIpc) is 2.86. The second-order valence-corrected chi connectivity index (χ2v) is 5.38. The van der Waals surface area contributed by atoms with Crippen molar-refractivity contribution in [2.24, 2.45) is 0 Å². The van der Waals surface area contributed by atoms with E-state index in [1.54, 1.807) is 6.20 Å². The van der Waals surface area contributed by atoms with Gasteiger partial charge in [0.1, 0.15) is 0 Å². The van der Waals surface area contributed by atoms with Crippen LogP contribution in [-0.2, 0) is 4.74 Å². The Morgan fingerprint density at radius 3 is 3.05 bits per heavy atom. The van der Waals surface area contributed by atoms with Crippen molar-refractivity contribution < 1.29 is 4.74 Å². The van der Waals surface area contributed by atoms with E-state index in [4.69, 9.17) is 10.5 Å². The number of hydrogen-bond acceptors (Lipinski definition) is 4. The predicted octanol–water partition coefficient (Wildman–Crippen LogP) is 2.80. The number of rotatable bonds is 3. The lowest BCUT2D eigenvalue weighted by atomic mass is 10.0. The minimum Gasteiger partial charge on any atom is -0.398 e. The van der Waals surface area contributed by atoms with Crippen molar-refractivity contribution in [1.29, 1.82) is 0 Å². The Kier molecular flexibility index (Phi) is 3.03. The molecule has 0 radical (unpaired) electrons. The number of fused-ring (bicyclic) bond motifs is 1. The molecule has 0 spiro atoms. The van der Waals surface area contributed by atoms with Crippen LogP contribution in [0.5, 0.6) is 0 Å². The SMILES string of the molecule is CC1(CNc2ccc(N)c3ccncc23)CCCO1. The van der Waals surface area contributed by atoms with E-state index in [0.29, 0.717) is 0 Å². The largest absolute Gasteiger partial charge is 0.398 e. The van der Waals surface area contributed by atoms with Crippen molar-refractivity contribution in [2.45, 2.75) is 25.4 Å². The van der Waals surface area contributed by atoms with Crippen molar-refractivity contribution >= 4 is 22.1 Å². The molecule has 1 atom stereocenters. The molecule has 4 heteroatoms. The zero-order valence-electron chi connectivity index (χ0n) is 11.1. The fourth-order valence-electron chi connectivity index (χ4n) is 2.63. The zero-order valence-corrected chi connectivity index (χ0v) is 11.1. The van der Waals surface area contributed by atoms with Crippen molar-refractivity contribution in [1.82, 2.24) is 4.98 Å². The van der Waals surface area contributed by atoms with Crippen LogP contribution in [0.1, 0.15) is 19.8 Å². The van der Waals surface area contributed by atoms with Crippen LogP contribution in [0.3, 0.4) is 0 Å². The van der Waals surface area contributed by atoms with Crippen LogP contribution < -0.4 is 11.1 Å². The summed E-state index contributed by atoms with van der Waals surface area (Å²) in [6, 6.07) is 5.89. The monoisotopic (exact) mass is 257 g/mol. The predicted molar refractivity (Wildman–Crippen MR) is 78.2 cm³/mol. The lowest BCUT2D eigenvalue weighted by Crippen LogP contribution is -2.32. The summed E-state index contributed by atoms with van der Waals surface area (Å²) in [7, 11) is 0. The number of benzene rings is 1. The van der Waals surface area contributed by atoms with Gasteiger partial charge in [-0.2, -0.15) is 0 Å². The molecule has 0 amide bonds. The molecule has 2 aromatic rings. The molecule has 3 N–H and O–H groups in total. The maximum Gasteiger partial charge on any atom is 0.0826 e. The average molecular weight is 257 g/mol. The van der Waals surface area contributed by atoms with E-state index in [9.17, 15) is 0 Å². The molecule has 1 saturated heterocycles. The molecule has 0 bridgehead atoms. The van der Waals surface area contributed by atoms with Crippen molar-refractivity contribution in [3.63, 3.8) is 0 Å². The van der Waals surface area contributed by atoms with Crippen LogP contribution in [0.15, 0.2) is 30.6 Å². The number of nitrogens with one attached hydrogen (secondary N) is 1. The molecule has 0 saturated carbocycles. The first-order valence-corrected chi connectivity index (χ1v) is 6.68. The van der Waals surface area contributed by atoms with Gasteiger partial charge in [-0.25, -0.2) is 0 Å². The molecule has 1 aliphatic heterocycles. The number of hydrogen-bond donors (Lipinski definition) is 2. The van der Waals surface area contributed by atoms with Gasteiger partial charge in [0.15, 0.2) is 0 Å². The van der Waals surface area contributed by atoms with Crippen LogP contribution in [0.4, 0.5) is 11.4 Å². The maximum absolute atomic E-state index is 5.99. The molecule has 100 valence electrons. The van der Waals surface area contributed by atoms with E-state index in [2.05, 4.69) is 17.2 Å². The number of aromatic nitrogens is 1. The second-order valence-electron chi connectivity index (χ2n) is 5.38. The van der Waals surface area contributed by atoms with Crippen molar-refractivity contribution in [3.8, 4) is 0 Å². The summed E-state index contributed by atoms with van der Waals surface area (Å²) in [5, 5.41) is 5.58. The summed E-state index contributed by atoms with van der Waals surface area (Å²) in [5.41, 5.74) is 7.78. The number of pyridine rings is 1. The van der Waals surface area contributed by atoms with E-state index in [1.807, 2.05) is 24.4 Å². The number of nitrogen functional groups attached to an aromatic ring is 1. The summed E-state index contributed by atoms with van der Waals surface area (Å²) in [4.78, 5) is 4.18. The normalized spacial score (nSPS) is 22.8. The van der Waals surface area contributed by atoms with Gasteiger partial charge in [0.05, 0.1) is 5.60 Å².